The van der Waals surface area contributed by atoms with Crippen LogP contribution >= 0.6 is 15.9 Å². The molecule has 2 atom stereocenters. The van der Waals surface area contributed by atoms with Crippen LogP contribution in [0.3, 0.4) is 0 Å². The van der Waals surface area contributed by atoms with Crippen molar-refractivity contribution in [1.29, 1.82) is 0 Å². The van der Waals surface area contributed by atoms with E-state index in [0.29, 0.717) is 30.5 Å². The van der Waals surface area contributed by atoms with Crippen LogP contribution in [0.2, 0.25) is 0 Å². The third-order valence-electron chi connectivity index (χ3n) is 3.60. The smallest absolute Gasteiger partial charge is 0.133 e. The molecule has 1 aliphatic rings. The monoisotopic (exact) mass is 292 g/mol. The summed E-state index contributed by atoms with van der Waals surface area (Å²) in [6, 6.07) is 8.32. The molecule has 1 saturated carbocycles. The van der Waals surface area contributed by atoms with Crippen LogP contribution in [0.4, 0.5) is 0 Å². The van der Waals surface area contributed by atoms with Crippen LogP contribution in [0, 0.1) is 5.92 Å². The third-order valence-corrected chi connectivity index (χ3v) is 4.13. The molecule has 0 aliphatic heterocycles. The minimum atomic E-state index is 0.321. The van der Waals surface area contributed by atoms with Crippen molar-refractivity contribution in [3.8, 4) is 0 Å². The van der Waals surface area contributed by atoms with Gasteiger partial charge >= 0.3 is 0 Å². The standard InChI is InChI=1S/C15H17BrO/c1-10(2)14-8-7-13(17)9-15(14)11-3-5-12(16)6-4-11/h3-6,14-15H,1,7-9H2,2H3/t14-,15-/m0/s1. The molecule has 1 aromatic rings. The van der Waals surface area contributed by atoms with Crippen molar-refractivity contribution in [1.82, 2.24) is 0 Å². The van der Waals surface area contributed by atoms with Crippen LogP contribution in [0.5, 0.6) is 0 Å². The first-order chi connectivity index (χ1) is 8.08. The fraction of sp³-hybridized carbons (Fsp3) is 0.400. The molecule has 0 N–H and O–H groups in total. The molecule has 0 amide bonds. The maximum absolute atomic E-state index is 11.6. The van der Waals surface area contributed by atoms with E-state index in [4.69, 9.17) is 0 Å². The Hall–Kier alpha value is -0.890. The number of allylic oxidation sites excluding steroid dienone is 1. The van der Waals surface area contributed by atoms with E-state index in [9.17, 15) is 4.79 Å². The van der Waals surface area contributed by atoms with Gasteiger partial charge in [-0.1, -0.05) is 40.2 Å². The first-order valence-corrected chi connectivity index (χ1v) is 6.80. The van der Waals surface area contributed by atoms with E-state index >= 15 is 0 Å². The fourth-order valence-electron chi connectivity index (χ4n) is 2.66. The number of benzene rings is 1. The van der Waals surface area contributed by atoms with E-state index in [1.54, 1.807) is 0 Å². The minimum absolute atomic E-state index is 0.321. The summed E-state index contributed by atoms with van der Waals surface area (Å²) in [7, 11) is 0. The molecule has 0 spiro atoms. The Morgan fingerprint density at radius 3 is 2.59 bits per heavy atom. The Morgan fingerprint density at radius 2 is 2.00 bits per heavy atom. The summed E-state index contributed by atoms with van der Waals surface area (Å²) in [6.45, 7) is 6.15. The first kappa shape index (κ1) is 12.6. The zero-order chi connectivity index (χ0) is 12.4. The number of rotatable bonds is 2. The van der Waals surface area contributed by atoms with Crippen molar-refractivity contribution in [2.75, 3.05) is 0 Å². The summed E-state index contributed by atoms with van der Waals surface area (Å²) in [6.07, 6.45) is 2.33. The van der Waals surface area contributed by atoms with Crippen LogP contribution in [0.25, 0.3) is 0 Å². The molecule has 2 heteroatoms. The van der Waals surface area contributed by atoms with Gasteiger partial charge in [0.2, 0.25) is 0 Å². The molecule has 0 radical (unpaired) electrons. The van der Waals surface area contributed by atoms with Crippen molar-refractivity contribution >= 4 is 21.7 Å². The Morgan fingerprint density at radius 1 is 1.35 bits per heavy atom. The normalized spacial score (nSPS) is 24.7. The van der Waals surface area contributed by atoms with Crippen LogP contribution in [-0.2, 0) is 4.79 Å². The van der Waals surface area contributed by atoms with E-state index in [2.05, 4.69) is 41.6 Å². The fourth-order valence-corrected chi connectivity index (χ4v) is 2.92. The molecular formula is C15H17BrO. The number of Topliss-reactive ketones (excluding diaryl/α,β-unsaturated/α-hetero) is 1. The molecule has 17 heavy (non-hydrogen) atoms. The molecule has 1 fully saturated rings. The van der Waals surface area contributed by atoms with Gasteiger partial charge in [0.15, 0.2) is 0 Å². The predicted octanol–water partition coefficient (Wildman–Crippen LogP) is 4.48. The Labute approximate surface area is 111 Å². The average molecular weight is 293 g/mol. The maximum Gasteiger partial charge on any atom is 0.133 e. The summed E-state index contributed by atoms with van der Waals surface area (Å²) in [5.74, 6) is 1.16. The molecule has 0 bridgehead atoms. The molecule has 0 heterocycles. The van der Waals surface area contributed by atoms with E-state index in [1.165, 1.54) is 11.1 Å². The highest BCUT2D eigenvalue weighted by Crippen LogP contribution is 2.39. The second-order valence-corrected chi connectivity index (χ2v) is 5.81. The SMILES string of the molecule is C=C(C)[C@@H]1CCC(=O)C[C@H]1c1ccc(Br)cc1. The number of halogens is 1. The van der Waals surface area contributed by atoms with Crippen molar-refractivity contribution in [3.63, 3.8) is 0 Å². The molecule has 1 aliphatic carbocycles. The summed E-state index contributed by atoms with van der Waals surface area (Å²) in [5, 5.41) is 0. The topological polar surface area (TPSA) is 17.1 Å². The number of hydrogen-bond acceptors (Lipinski definition) is 1. The van der Waals surface area contributed by atoms with Gasteiger partial charge in [-0.3, -0.25) is 4.79 Å². The van der Waals surface area contributed by atoms with Crippen LogP contribution in [-0.4, -0.2) is 5.78 Å². The lowest BCUT2D eigenvalue weighted by molar-refractivity contribution is -0.121. The summed E-state index contributed by atoms with van der Waals surface area (Å²) in [4.78, 5) is 11.6. The zero-order valence-corrected chi connectivity index (χ0v) is 11.7. The number of hydrogen-bond donors (Lipinski definition) is 0. The molecule has 0 unspecified atom stereocenters. The second kappa shape index (κ2) is 5.18. The Kier molecular flexibility index (Phi) is 3.82. The quantitative estimate of drug-likeness (QED) is 0.735. The molecule has 1 aromatic carbocycles. The van der Waals surface area contributed by atoms with E-state index < -0.39 is 0 Å². The van der Waals surface area contributed by atoms with Crippen molar-refractivity contribution < 1.29 is 4.79 Å². The lowest BCUT2D eigenvalue weighted by Gasteiger charge is -2.31. The summed E-state index contributed by atoms with van der Waals surface area (Å²) in [5.41, 5.74) is 2.46. The summed E-state index contributed by atoms with van der Waals surface area (Å²) >= 11 is 3.44. The van der Waals surface area contributed by atoms with Crippen LogP contribution in [0.1, 0.15) is 37.7 Å². The molecular weight excluding hydrogens is 276 g/mol. The van der Waals surface area contributed by atoms with Gasteiger partial charge in [-0.2, -0.15) is 0 Å². The summed E-state index contributed by atoms with van der Waals surface area (Å²) < 4.78 is 1.08. The van der Waals surface area contributed by atoms with Crippen molar-refractivity contribution in [3.05, 3.63) is 46.5 Å². The third kappa shape index (κ3) is 2.86. The Balaban J connectivity index is 2.28. The van der Waals surface area contributed by atoms with Crippen molar-refractivity contribution in [2.24, 2.45) is 5.92 Å². The first-order valence-electron chi connectivity index (χ1n) is 6.00. The molecule has 2 rings (SSSR count). The maximum atomic E-state index is 11.6. The van der Waals surface area contributed by atoms with Gasteiger partial charge in [-0.05, 0) is 42.9 Å². The van der Waals surface area contributed by atoms with Gasteiger partial charge in [-0.15, -0.1) is 0 Å². The van der Waals surface area contributed by atoms with Gasteiger partial charge in [0.25, 0.3) is 0 Å². The number of carbonyl (C=O) groups is 1. The lowest BCUT2D eigenvalue weighted by Crippen LogP contribution is -2.24. The van der Waals surface area contributed by atoms with Crippen LogP contribution in [0.15, 0.2) is 40.9 Å². The zero-order valence-electron chi connectivity index (χ0n) is 10.1. The van der Waals surface area contributed by atoms with Crippen molar-refractivity contribution in [2.45, 2.75) is 32.1 Å². The van der Waals surface area contributed by atoms with Gasteiger partial charge in [-0.25, -0.2) is 0 Å². The average Bonchev–Trinajstić information content (AvgIpc) is 2.29. The minimum Gasteiger partial charge on any atom is -0.300 e. The molecule has 0 saturated heterocycles. The predicted molar refractivity (Wildman–Crippen MR) is 74.0 cm³/mol. The second-order valence-electron chi connectivity index (χ2n) is 4.89. The Bertz CT molecular complexity index is 433. The molecule has 0 aromatic heterocycles. The van der Waals surface area contributed by atoms with Gasteiger partial charge < -0.3 is 0 Å². The van der Waals surface area contributed by atoms with Gasteiger partial charge in [0, 0.05) is 17.3 Å². The molecule has 90 valence electrons. The molecule has 1 nitrogen and oxygen atoms in total. The number of ketones is 1. The highest BCUT2D eigenvalue weighted by molar-refractivity contribution is 9.10. The lowest BCUT2D eigenvalue weighted by atomic mass is 9.72. The van der Waals surface area contributed by atoms with Crippen LogP contribution < -0.4 is 0 Å². The highest BCUT2D eigenvalue weighted by atomic mass is 79.9. The van der Waals surface area contributed by atoms with E-state index in [1.807, 2.05) is 12.1 Å². The van der Waals surface area contributed by atoms with E-state index in [0.717, 1.165) is 10.9 Å². The largest absolute Gasteiger partial charge is 0.300 e. The van der Waals surface area contributed by atoms with E-state index in [-0.39, 0.29) is 0 Å². The number of carbonyl (C=O) groups excluding carboxylic acids is 1. The van der Waals surface area contributed by atoms with Gasteiger partial charge in [0.1, 0.15) is 5.78 Å². The van der Waals surface area contributed by atoms with Gasteiger partial charge in [0.05, 0.1) is 0 Å². The highest BCUT2D eigenvalue weighted by Gasteiger charge is 2.30.